The number of hydrogen-bond donors (Lipinski definition) is 1. The number of hydrogen-bond acceptors (Lipinski definition) is 4. The SMILES string of the molecule is Cc1cccc(N(CC(=O)NN=C2CCCCC2)S(=O)(=O)c2ccccc2)c1C. The lowest BCUT2D eigenvalue weighted by Crippen LogP contribution is -2.40. The van der Waals surface area contributed by atoms with Gasteiger partial charge in [-0.3, -0.25) is 9.10 Å². The molecule has 0 saturated heterocycles. The van der Waals surface area contributed by atoms with Gasteiger partial charge in [-0.15, -0.1) is 0 Å². The van der Waals surface area contributed by atoms with Gasteiger partial charge >= 0.3 is 0 Å². The van der Waals surface area contributed by atoms with Gasteiger partial charge in [-0.25, -0.2) is 13.8 Å². The van der Waals surface area contributed by atoms with Crippen molar-refractivity contribution in [3.63, 3.8) is 0 Å². The second-order valence-electron chi connectivity index (χ2n) is 7.32. The molecule has 1 aliphatic rings. The highest BCUT2D eigenvalue weighted by Crippen LogP contribution is 2.28. The molecule has 0 unspecified atom stereocenters. The molecule has 3 rings (SSSR count). The van der Waals surface area contributed by atoms with E-state index < -0.39 is 15.9 Å². The van der Waals surface area contributed by atoms with Crippen molar-refractivity contribution in [2.75, 3.05) is 10.8 Å². The molecule has 0 atom stereocenters. The Hall–Kier alpha value is -2.67. The molecule has 0 radical (unpaired) electrons. The number of carbonyl (C=O) groups excluding carboxylic acids is 1. The van der Waals surface area contributed by atoms with Gasteiger partial charge in [0.2, 0.25) is 0 Å². The van der Waals surface area contributed by atoms with Crippen molar-refractivity contribution < 1.29 is 13.2 Å². The summed E-state index contributed by atoms with van der Waals surface area (Å²) < 4.78 is 27.9. The zero-order valence-corrected chi connectivity index (χ0v) is 17.7. The number of carbonyl (C=O) groups is 1. The first-order chi connectivity index (χ1) is 13.9. The van der Waals surface area contributed by atoms with E-state index in [0.717, 1.165) is 42.5 Å². The number of hydrazone groups is 1. The molecule has 1 amide bonds. The Morgan fingerprint density at radius 2 is 1.69 bits per heavy atom. The first-order valence-corrected chi connectivity index (χ1v) is 11.3. The fourth-order valence-electron chi connectivity index (χ4n) is 3.40. The monoisotopic (exact) mass is 413 g/mol. The minimum atomic E-state index is -3.91. The van der Waals surface area contributed by atoms with Crippen molar-refractivity contribution in [2.24, 2.45) is 5.10 Å². The Morgan fingerprint density at radius 1 is 1.00 bits per heavy atom. The van der Waals surface area contributed by atoms with Crippen LogP contribution in [0.1, 0.15) is 43.2 Å². The molecule has 0 aromatic heterocycles. The molecule has 154 valence electrons. The molecular formula is C22H27N3O3S. The van der Waals surface area contributed by atoms with Gasteiger partial charge in [0.25, 0.3) is 15.9 Å². The van der Waals surface area contributed by atoms with E-state index >= 15 is 0 Å². The summed E-state index contributed by atoms with van der Waals surface area (Å²) in [6.45, 7) is 3.44. The highest BCUT2D eigenvalue weighted by Gasteiger charge is 2.28. The summed E-state index contributed by atoms with van der Waals surface area (Å²) >= 11 is 0. The fourth-order valence-corrected chi connectivity index (χ4v) is 4.90. The van der Waals surface area contributed by atoms with Gasteiger partial charge in [-0.1, -0.05) is 36.8 Å². The third kappa shape index (κ3) is 5.03. The van der Waals surface area contributed by atoms with Gasteiger partial charge in [0.1, 0.15) is 6.54 Å². The summed E-state index contributed by atoms with van der Waals surface area (Å²) in [7, 11) is -3.91. The predicted molar refractivity (Wildman–Crippen MR) is 116 cm³/mol. The molecule has 29 heavy (non-hydrogen) atoms. The summed E-state index contributed by atoms with van der Waals surface area (Å²) in [5.74, 6) is -0.455. The molecule has 0 aliphatic heterocycles. The van der Waals surface area contributed by atoms with E-state index in [0.29, 0.717) is 5.69 Å². The third-order valence-electron chi connectivity index (χ3n) is 5.23. The summed E-state index contributed by atoms with van der Waals surface area (Å²) in [6.07, 6.45) is 5.09. The van der Waals surface area contributed by atoms with E-state index in [1.807, 2.05) is 19.9 Å². The van der Waals surface area contributed by atoms with E-state index in [1.165, 1.54) is 22.9 Å². The highest BCUT2D eigenvalue weighted by molar-refractivity contribution is 7.92. The first kappa shape index (κ1) is 21.0. The van der Waals surface area contributed by atoms with Crippen LogP contribution in [0.25, 0.3) is 0 Å². The molecule has 0 bridgehead atoms. The molecular weight excluding hydrogens is 386 g/mol. The lowest BCUT2D eigenvalue weighted by atomic mass is 9.99. The summed E-state index contributed by atoms with van der Waals surface area (Å²) in [5, 5.41) is 4.22. The topological polar surface area (TPSA) is 78.8 Å². The average molecular weight is 414 g/mol. The van der Waals surface area contributed by atoms with E-state index in [1.54, 1.807) is 30.3 Å². The minimum Gasteiger partial charge on any atom is -0.271 e. The number of rotatable bonds is 6. The number of sulfonamides is 1. The van der Waals surface area contributed by atoms with Crippen LogP contribution in [-0.4, -0.2) is 26.6 Å². The summed E-state index contributed by atoms with van der Waals surface area (Å²) in [4.78, 5) is 12.8. The molecule has 1 N–H and O–H groups in total. The fraction of sp³-hybridized carbons (Fsp3) is 0.364. The molecule has 2 aromatic carbocycles. The smallest absolute Gasteiger partial charge is 0.264 e. The van der Waals surface area contributed by atoms with Crippen molar-refractivity contribution in [1.82, 2.24) is 5.43 Å². The molecule has 2 aromatic rings. The van der Waals surface area contributed by atoms with E-state index in [9.17, 15) is 13.2 Å². The van der Waals surface area contributed by atoms with Gasteiger partial charge < -0.3 is 0 Å². The predicted octanol–water partition coefficient (Wildman–Crippen LogP) is 3.94. The van der Waals surface area contributed by atoms with Crippen molar-refractivity contribution in [2.45, 2.75) is 50.8 Å². The van der Waals surface area contributed by atoms with Crippen LogP contribution in [0.15, 0.2) is 58.5 Å². The van der Waals surface area contributed by atoms with Crippen LogP contribution in [0, 0.1) is 13.8 Å². The van der Waals surface area contributed by atoms with Crippen LogP contribution in [0.4, 0.5) is 5.69 Å². The number of amides is 1. The van der Waals surface area contributed by atoms with Gasteiger partial charge in [0, 0.05) is 5.71 Å². The number of aryl methyl sites for hydroxylation is 1. The molecule has 0 heterocycles. The maximum atomic E-state index is 13.3. The van der Waals surface area contributed by atoms with Crippen LogP contribution >= 0.6 is 0 Å². The lowest BCUT2D eigenvalue weighted by molar-refractivity contribution is -0.119. The molecule has 1 fully saturated rings. The quantitative estimate of drug-likeness (QED) is 0.729. The van der Waals surface area contributed by atoms with Crippen molar-refractivity contribution >= 4 is 27.3 Å². The van der Waals surface area contributed by atoms with Gasteiger partial charge in [-0.2, -0.15) is 5.10 Å². The number of nitrogens with zero attached hydrogens (tertiary/aromatic N) is 2. The number of nitrogens with one attached hydrogen (secondary N) is 1. The third-order valence-corrected chi connectivity index (χ3v) is 7.01. The standard InChI is InChI=1S/C22H27N3O3S/c1-17-10-9-15-21(18(17)2)25(29(27,28)20-13-7-4-8-14-20)16-22(26)24-23-19-11-5-3-6-12-19/h4,7-10,13-15H,3,5-6,11-12,16H2,1-2H3,(H,24,26). The lowest BCUT2D eigenvalue weighted by Gasteiger charge is -2.26. The number of anilines is 1. The molecule has 0 spiro atoms. The second kappa shape index (κ2) is 9.22. The van der Waals surface area contributed by atoms with E-state index in [-0.39, 0.29) is 11.4 Å². The second-order valence-corrected chi connectivity index (χ2v) is 9.18. The van der Waals surface area contributed by atoms with Crippen LogP contribution in [0.2, 0.25) is 0 Å². The Labute approximate surface area is 172 Å². The maximum absolute atomic E-state index is 13.3. The summed E-state index contributed by atoms with van der Waals surface area (Å²) in [6, 6.07) is 13.6. The molecule has 6 nitrogen and oxygen atoms in total. The van der Waals surface area contributed by atoms with Crippen molar-refractivity contribution in [3.05, 3.63) is 59.7 Å². The van der Waals surface area contributed by atoms with Crippen LogP contribution < -0.4 is 9.73 Å². The molecule has 1 aliphatic carbocycles. The maximum Gasteiger partial charge on any atom is 0.264 e. The Bertz CT molecular complexity index is 993. The summed E-state index contributed by atoms with van der Waals surface area (Å²) in [5.41, 5.74) is 5.79. The first-order valence-electron chi connectivity index (χ1n) is 9.88. The van der Waals surface area contributed by atoms with Crippen LogP contribution in [0.3, 0.4) is 0 Å². The van der Waals surface area contributed by atoms with Crippen LogP contribution in [-0.2, 0) is 14.8 Å². The Morgan fingerprint density at radius 3 is 2.38 bits per heavy atom. The van der Waals surface area contributed by atoms with E-state index in [4.69, 9.17) is 0 Å². The highest BCUT2D eigenvalue weighted by atomic mass is 32.2. The van der Waals surface area contributed by atoms with E-state index in [2.05, 4.69) is 10.5 Å². The van der Waals surface area contributed by atoms with Gasteiger partial charge in [-0.05, 0) is 68.9 Å². The molecule has 7 heteroatoms. The van der Waals surface area contributed by atoms with Crippen molar-refractivity contribution in [1.29, 1.82) is 0 Å². The Balaban J connectivity index is 1.91. The largest absolute Gasteiger partial charge is 0.271 e. The van der Waals surface area contributed by atoms with Gasteiger partial charge in [0.05, 0.1) is 10.6 Å². The molecule has 1 saturated carbocycles. The van der Waals surface area contributed by atoms with Gasteiger partial charge in [0.15, 0.2) is 0 Å². The zero-order chi connectivity index (χ0) is 20.9. The minimum absolute atomic E-state index is 0.146. The average Bonchev–Trinajstić information content (AvgIpc) is 2.74. The Kier molecular flexibility index (Phi) is 6.69. The normalized spacial score (nSPS) is 14.3. The number of benzene rings is 2. The zero-order valence-electron chi connectivity index (χ0n) is 16.9. The van der Waals surface area contributed by atoms with Crippen LogP contribution in [0.5, 0.6) is 0 Å². The van der Waals surface area contributed by atoms with Crippen molar-refractivity contribution in [3.8, 4) is 0 Å².